The van der Waals surface area contributed by atoms with Crippen LogP contribution in [0.2, 0.25) is 0 Å². The molecule has 2 aromatic rings. The molecule has 2 heterocycles. The van der Waals surface area contributed by atoms with Crippen LogP contribution in [-0.2, 0) is 0 Å². The Kier molecular flexibility index (Phi) is 2.88. The molecule has 0 spiro atoms. The van der Waals surface area contributed by atoms with Gasteiger partial charge in [-0.2, -0.15) is 0 Å². The number of anilines is 1. The van der Waals surface area contributed by atoms with Crippen LogP contribution in [0.15, 0.2) is 42.9 Å². The second-order valence-corrected chi connectivity index (χ2v) is 3.19. The molecule has 0 fully saturated rings. The molecule has 0 aliphatic rings. The van der Waals surface area contributed by atoms with E-state index in [1.807, 2.05) is 25.1 Å². The van der Waals surface area contributed by atoms with Gasteiger partial charge >= 0.3 is 0 Å². The highest BCUT2D eigenvalue weighted by atomic mass is 15.1. The fourth-order valence-electron chi connectivity index (χ4n) is 1.27. The molecule has 15 heavy (non-hydrogen) atoms. The van der Waals surface area contributed by atoms with E-state index in [9.17, 15) is 0 Å². The molecule has 0 radical (unpaired) electrons. The lowest BCUT2D eigenvalue weighted by Gasteiger charge is -2.12. The minimum Gasteiger partial charge on any atom is -0.346 e. The number of rotatable bonds is 3. The maximum atomic E-state index is 4.26. The lowest BCUT2D eigenvalue weighted by Crippen LogP contribution is -2.10. The molecule has 0 aliphatic carbocycles. The van der Waals surface area contributed by atoms with Crippen molar-refractivity contribution in [1.29, 1.82) is 0 Å². The Morgan fingerprint density at radius 1 is 1.00 bits per heavy atom. The van der Waals surface area contributed by atoms with Crippen molar-refractivity contribution in [3.05, 3.63) is 48.5 Å². The van der Waals surface area contributed by atoms with Gasteiger partial charge in [-0.25, -0.2) is 9.97 Å². The van der Waals surface area contributed by atoms with E-state index in [1.54, 1.807) is 24.7 Å². The van der Waals surface area contributed by atoms with Crippen LogP contribution in [0.5, 0.6) is 0 Å². The number of pyridine rings is 1. The summed E-state index contributed by atoms with van der Waals surface area (Å²) < 4.78 is 0. The minimum atomic E-state index is 0.105. The van der Waals surface area contributed by atoms with Crippen LogP contribution in [0.4, 0.5) is 5.95 Å². The smallest absolute Gasteiger partial charge is 0.223 e. The first-order valence-corrected chi connectivity index (χ1v) is 4.81. The second kappa shape index (κ2) is 4.50. The zero-order valence-electron chi connectivity index (χ0n) is 8.46. The van der Waals surface area contributed by atoms with Crippen LogP contribution >= 0.6 is 0 Å². The average molecular weight is 200 g/mol. The predicted molar refractivity (Wildman–Crippen MR) is 58.3 cm³/mol. The van der Waals surface area contributed by atoms with Crippen LogP contribution in [-0.4, -0.2) is 15.0 Å². The van der Waals surface area contributed by atoms with Gasteiger partial charge in [0.05, 0.1) is 11.7 Å². The third kappa shape index (κ3) is 2.49. The Labute approximate surface area is 88.4 Å². The van der Waals surface area contributed by atoms with Gasteiger partial charge in [0.1, 0.15) is 0 Å². The number of hydrogen-bond acceptors (Lipinski definition) is 4. The summed E-state index contributed by atoms with van der Waals surface area (Å²) in [5.41, 5.74) is 0.977. The molecule has 2 aromatic heterocycles. The molecule has 4 heteroatoms. The maximum Gasteiger partial charge on any atom is 0.223 e. The van der Waals surface area contributed by atoms with Crippen molar-refractivity contribution < 1.29 is 0 Å². The van der Waals surface area contributed by atoms with Crippen molar-refractivity contribution in [1.82, 2.24) is 15.0 Å². The minimum absolute atomic E-state index is 0.105. The molecule has 0 aromatic carbocycles. The standard InChI is InChI=1S/C11H12N4/c1-9(10-5-2-3-6-12-10)15-11-13-7-4-8-14-11/h2-9H,1H3,(H,13,14,15). The average Bonchev–Trinajstić information content (AvgIpc) is 2.31. The number of nitrogens with one attached hydrogen (secondary N) is 1. The van der Waals surface area contributed by atoms with Gasteiger partial charge in [0.25, 0.3) is 0 Å². The number of aromatic nitrogens is 3. The molecule has 0 bridgehead atoms. The first-order valence-electron chi connectivity index (χ1n) is 4.81. The first kappa shape index (κ1) is 9.58. The summed E-state index contributed by atoms with van der Waals surface area (Å²) in [5, 5.41) is 3.17. The van der Waals surface area contributed by atoms with E-state index in [4.69, 9.17) is 0 Å². The molecular weight excluding hydrogens is 188 g/mol. The Balaban J connectivity index is 2.08. The summed E-state index contributed by atoms with van der Waals surface area (Å²) in [7, 11) is 0. The summed E-state index contributed by atoms with van der Waals surface area (Å²) in [5.74, 6) is 0.621. The van der Waals surface area contributed by atoms with E-state index < -0.39 is 0 Å². The lowest BCUT2D eigenvalue weighted by atomic mass is 10.2. The molecular formula is C11H12N4. The molecule has 76 valence electrons. The molecule has 1 atom stereocenters. The normalized spacial score (nSPS) is 12.1. The van der Waals surface area contributed by atoms with Gasteiger partial charge in [0.2, 0.25) is 5.95 Å². The van der Waals surface area contributed by atoms with Gasteiger partial charge in [0, 0.05) is 18.6 Å². The zero-order chi connectivity index (χ0) is 10.5. The predicted octanol–water partition coefficient (Wildman–Crippen LogP) is 2.04. The highest BCUT2D eigenvalue weighted by molar-refractivity contribution is 5.27. The molecule has 1 N–H and O–H groups in total. The van der Waals surface area contributed by atoms with Crippen LogP contribution in [0.1, 0.15) is 18.7 Å². The van der Waals surface area contributed by atoms with E-state index in [0.29, 0.717) is 5.95 Å². The Morgan fingerprint density at radius 2 is 1.73 bits per heavy atom. The molecule has 2 rings (SSSR count). The van der Waals surface area contributed by atoms with E-state index in [2.05, 4.69) is 20.3 Å². The summed E-state index contributed by atoms with van der Waals surface area (Å²) in [6.45, 7) is 2.03. The van der Waals surface area contributed by atoms with Gasteiger partial charge in [-0.3, -0.25) is 4.98 Å². The first-order chi connectivity index (χ1) is 7.36. The van der Waals surface area contributed by atoms with Gasteiger partial charge in [-0.05, 0) is 25.1 Å². The summed E-state index contributed by atoms with van der Waals surface area (Å²) in [4.78, 5) is 12.4. The van der Waals surface area contributed by atoms with Crippen LogP contribution < -0.4 is 5.32 Å². The Bertz CT molecular complexity index is 401. The van der Waals surface area contributed by atoms with Crippen LogP contribution in [0, 0.1) is 0 Å². The van der Waals surface area contributed by atoms with Crippen molar-refractivity contribution in [2.45, 2.75) is 13.0 Å². The van der Waals surface area contributed by atoms with Crippen molar-refractivity contribution >= 4 is 5.95 Å². The highest BCUT2D eigenvalue weighted by Gasteiger charge is 2.06. The Hall–Kier alpha value is -1.97. The molecule has 0 saturated heterocycles. The van der Waals surface area contributed by atoms with Crippen LogP contribution in [0.3, 0.4) is 0 Å². The van der Waals surface area contributed by atoms with Crippen molar-refractivity contribution in [2.24, 2.45) is 0 Å². The fraction of sp³-hybridized carbons (Fsp3) is 0.182. The molecule has 0 amide bonds. The fourth-order valence-corrected chi connectivity index (χ4v) is 1.27. The highest BCUT2D eigenvalue weighted by Crippen LogP contribution is 2.12. The molecule has 4 nitrogen and oxygen atoms in total. The topological polar surface area (TPSA) is 50.7 Å². The van der Waals surface area contributed by atoms with Gasteiger partial charge in [-0.15, -0.1) is 0 Å². The summed E-state index contributed by atoms with van der Waals surface area (Å²) >= 11 is 0. The monoisotopic (exact) mass is 200 g/mol. The molecule has 0 aliphatic heterocycles. The van der Waals surface area contributed by atoms with E-state index >= 15 is 0 Å². The van der Waals surface area contributed by atoms with E-state index in [1.165, 1.54) is 0 Å². The van der Waals surface area contributed by atoms with Gasteiger partial charge in [0.15, 0.2) is 0 Å². The van der Waals surface area contributed by atoms with E-state index in [0.717, 1.165) is 5.69 Å². The zero-order valence-corrected chi connectivity index (χ0v) is 8.46. The maximum absolute atomic E-state index is 4.26. The van der Waals surface area contributed by atoms with Gasteiger partial charge < -0.3 is 5.32 Å². The quantitative estimate of drug-likeness (QED) is 0.823. The third-order valence-electron chi connectivity index (χ3n) is 2.04. The molecule has 1 unspecified atom stereocenters. The summed E-state index contributed by atoms with van der Waals surface area (Å²) in [6.07, 6.45) is 5.19. The lowest BCUT2D eigenvalue weighted by molar-refractivity contribution is 0.821. The number of hydrogen-bond donors (Lipinski definition) is 1. The SMILES string of the molecule is CC(Nc1ncccn1)c1ccccn1. The van der Waals surface area contributed by atoms with E-state index in [-0.39, 0.29) is 6.04 Å². The van der Waals surface area contributed by atoms with Gasteiger partial charge in [-0.1, -0.05) is 6.07 Å². The van der Waals surface area contributed by atoms with Crippen molar-refractivity contribution in [3.8, 4) is 0 Å². The Morgan fingerprint density at radius 3 is 2.40 bits per heavy atom. The van der Waals surface area contributed by atoms with Crippen LogP contribution in [0.25, 0.3) is 0 Å². The summed E-state index contributed by atoms with van der Waals surface area (Å²) in [6, 6.07) is 7.73. The second-order valence-electron chi connectivity index (χ2n) is 3.19. The molecule has 0 saturated carbocycles. The third-order valence-corrected chi connectivity index (χ3v) is 2.04. The largest absolute Gasteiger partial charge is 0.346 e. The van der Waals surface area contributed by atoms with Crippen molar-refractivity contribution in [3.63, 3.8) is 0 Å². The van der Waals surface area contributed by atoms with Crippen molar-refractivity contribution in [2.75, 3.05) is 5.32 Å². The number of nitrogens with zero attached hydrogens (tertiary/aromatic N) is 3.